The van der Waals surface area contributed by atoms with Gasteiger partial charge in [0.25, 0.3) is 0 Å². The van der Waals surface area contributed by atoms with Crippen LogP contribution in [0, 0.1) is 0 Å². The van der Waals surface area contributed by atoms with Gasteiger partial charge >= 0.3 is 12.1 Å². The molecule has 1 heterocycles. The van der Waals surface area contributed by atoms with E-state index in [0.717, 1.165) is 25.8 Å². The molecule has 0 saturated carbocycles. The van der Waals surface area contributed by atoms with E-state index in [1.165, 1.54) is 12.1 Å². The quantitative estimate of drug-likeness (QED) is 0.835. The van der Waals surface area contributed by atoms with Crippen LogP contribution in [0.25, 0.3) is 0 Å². The van der Waals surface area contributed by atoms with Crippen molar-refractivity contribution in [3.63, 3.8) is 0 Å². The Morgan fingerprint density at radius 1 is 1.20 bits per heavy atom. The molecule has 0 unspecified atom stereocenters. The van der Waals surface area contributed by atoms with Crippen LogP contribution in [0.1, 0.15) is 0 Å². The molecule has 0 radical (unpaired) electrons. The van der Waals surface area contributed by atoms with E-state index in [2.05, 4.69) is 4.90 Å². The molecule has 0 spiro atoms. The highest BCUT2D eigenvalue weighted by molar-refractivity contribution is 5.96. The van der Waals surface area contributed by atoms with Crippen molar-refractivity contribution >= 4 is 17.3 Å². The van der Waals surface area contributed by atoms with Crippen LogP contribution in [0.5, 0.6) is 0 Å². The van der Waals surface area contributed by atoms with E-state index in [4.69, 9.17) is 4.74 Å². The van der Waals surface area contributed by atoms with Gasteiger partial charge in [-0.05, 0) is 24.3 Å². The van der Waals surface area contributed by atoms with Gasteiger partial charge < -0.3 is 14.5 Å². The number of ether oxygens (including phenoxy) is 1. The van der Waals surface area contributed by atoms with E-state index in [1.54, 1.807) is 12.1 Å². The minimum absolute atomic E-state index is 0.212. The van der Waals surface area contributed by atoms with Crippen LogP contribution in [-0.2, 0) is 9.53 Å². The third-order valence-electron chi connectivity index (χ3n) is 3.16. The zero-order valence-corrected chi connectivity index (χ0v) is 11.0. The van der Waals surface area contributed by atoms with Crippen molar-refractivity contribution in [1.29, 1.82) is 0 Å². The van der Waals surface area contributed by atoms with E-state index < -0.39 is 12.1 Å². The Hall–Kier alpha value is -1.76. The van der Waals surface area contributed by atoms with Crippen LogP contribution >= 0.6 is 0 Å². The fourth-order valence-electron chi connectivity index (χ4n) is 2.02. The van der Waals surface area contributed by atoms with E-state index in [0.29, 0.717) is 18.1 Å². The highest BCUT2D eigenvalue weighted by Crippen LogP contribution is 2.25. The van der Waals surface area contributed by atoms with Crippen molar-refractivity contribution in [2.75, 3.05) is 43.2 Å². The summed E-state index contributed by atoms with van der Waals surface area (Å²) in [6.45, 7) is 2.76. The summed E-state index contributed by atoms with van der Waals surface area (Å²) in [7, 11) is 1.11. The molecule has 0 aliphatic carbocycles. The molecular weight excluding hydrogens is 273 g/mol. The lowest BCUT2D eigenvalue weighted by atomic mass is 10.2. The fraction of sp³-hybridized carbons (Fsp3) is 0.462. The zero-order valence-electron chi connectivity index (χ0n) is 11.0. The Morgan fingerprint density at radius 2 is 1.75 bits per heavy atom. The number of carbonyl (C=O) groups excluding carboxylic acids is 1. The van der Waals surface area contributed by atoms with Gasteiger partial charge in [-0.2, -0.15) is 13.2 Å². The largest absolute Gasteiger partial charge is 0.471 e. The number of morpholine rings is 1. The molecule has 1 aromatic rings. The van der Waals surface area contributed by atoms with E-state index in [9.17, 15) is 18.0 Å². The number of hydrogen-bond acceptors (Lipinski definition) is 3. The monoisotopic (exact) mass is 288 g/mol. The normalized spacial score (nSPS) is 16.1. The SMILES string of the molecule is CN(C(=O)C(F)(F)F)c1ccc(N2CCOCC2)cc1. The third-order valence-corrected chi connectivity index (χ3v) is 3.16. The first-order chi connectivity index (χ1) is 9.39. The Morgan fingerprint density at radius 3 is 2.25 bits per heavy atom. The van der Waals surface area contributed by atoms with Crippen LogP contribution in [0.2, 0.25) is 0 Å². The molecule has 1 aromatic carbocycles. The second-order valence-corrected chi connectivity index (χ2v) is 4.48. The maximum atomic E-state index is 12.3. The number of benzene rings is 1. The second kappa shape index (κ2) is 5.70. The van der Waals surface area contributed by atoms with Crippen LogP contribution in [0.4, 0.5) is 24.5 Å². The molecule has 20 heavy (non-hydrogen) atoms. The fourth-order valence-corrected chi connectivity index (χ4v) is 2.02. The number of anilines is 2. The standard InChI is InChI=1S/C13H15F3N2O2/c1-17(12(19)13(14,15)16)10-2-4-11(5-3-10)18-6-8-20-9-7-18/h2-5H,6-9H2,1H3. The summed E-state index contributed by atoms with van der Waals surface area (Å²) in [5.41, 5.74) is 1.12. The first-order valence-corrected chi connectivity index (χ1v) is 6.17. The topological polar surface area (TPSA) is 32.8 Å². The molecule has 4 nitrogen and oxygen atoms in total. The van der Waals surface area contributed by atoms with Gasteiger partial charge in [0.15, 0.2) is 0 Å². The minimum Gasteiger partial charge on any atom is -0.378 e. The maximum Gasteiger partial charge on any atom is 0.471 e. The molecule has 1 fully saturated rings. The van der Waals surface area contributed by atoms with Crippen molar-refractivity contribution in [2.45, 2.75) is 6.18 Å². The number of alkyl halides is 3. The van der Waals surface area contributed by atoms with Gasteiger partial charge in [-0.3, -0.25) is 4.79 Å². The Balaban J connectivity index is 2.09. The summed E-state index contributed by atoms with van der Waals surface area (Å²) in [4.78, 5) is 13.8. The molecule has 1 saturated heterocycles. The van der Waals surface area contributed by atoms with Crippen molar-refractivity contribution in [3.8, 4) is 0 Å². The van der Waals surface area contributed by atoms with Crippen LogP contribution in [0.15, 0.2) is 24.3 Å². The van der Waals surface area contributed by atoms with Crippen molar-refractivity contribution in [1.82, 2.24) is 0 Å². The van der Waals surface area contributed by atoms with E-state index in [1.807, 2.05) is 0 Å². The van der Waals surface area contributed by atoms with Gasteiger partial charge in [0.2, 0.25) is 0 Å². The number of rotatable bonds is 2. The average Bonchev–Trinajstić information content (AvgIpc) is 2.46. The molecule has 0 atom stereocenters. The summed E-state index contributed by atoms with van der Waals surface area (Å²) in [6, 6.07) is 6.44. The first-order valence-electron chi connectivity index (χ1n) is 6.17. The van der Waals surface area contributed by atoms with E-state index in [-0.39, 0.29) is 5.69 Å². The van der Waals surface area contributed by atoms with E-state index >= 15 is 0 Å². The van der Waals surface area contributed by atoms with Gasteiger partial charge in [0.1, 0.15) is 0 Å². The predicted octanol–water partition coefficient (Wildman–Crippen LogP) is 2.05. The highest BCUT2D eigenvalue weighted by atomic mass is 19.4. The molecule has 0 aromatic heterocycles. The molecule has 1 aliphatic rings. The Kier molecular flexibility index (Phi) is 4.17. The number of nitrogens with zero attached hydrogens (tertiary/aromatic N) is 2. The summed E-state index contributed by atoms with van der Waals surface area (Å²) < 4.78 is 42.3. The molecule has 2 rings (SSSR count). The third kappa shape index (κ3) is 3.22. The minimum atomic E-state index is -4.86. The summed E-state index contributed by atoms with van der Waals surface area (Å²) in [5.74, 6) is -1.88. The highest BCUT2D eigenvalue weighted by Gasteiger charge is 2.41. The lowest BCUT2D eigenvalue weighted by Crippen LogP contribution is -2.38. The molecule has 1 aliphatic heterocycles. The summed E-state index contributed by atoms with van der Waals surface area (Å²) in [6.07, 6.45) is -4.86. The maximum absolute atomic E-state index is 12.3. The van der Waals surface area contributed by atoms with Crippen molar-refractivity contribution < 1.29 is 22.7 Å². The molecule has 7 heteroatoms. The smallest absolute Gasteiger partial charge is 0.378 e. The molecule has 0 bridgehead atoms. The van der Waals surface area contributed by atoms with Crippen LogP contribution in [-0.4, -0.2) is 45.4 Å². The van der Waals surface area contributed by atoms with Gasteiger partial charge in [-0.15, -0.1) is 0 Å². The second-order valence-electron chi connectivity index (χ2n) is 4.48. The van der Waals surface area contributed by atoms with Gasteiger partial charge in [-0.1, -0.05) is 0 Å². The Labute approximate surface area is 114 Å². The van der Waals surface area contributed by atoms with Gasteiger partial charge in [-0.25, -0.2) is 0 Å². The zero-order chi connectivity index (χ0) is 14.8. The number of carbonyl (C=O) groups is 1. The number of amides is 1. The summed E-state index contributed by atoms with van der Waals surface area (Å²) in [5, 5.41) is 0. The lowest BCUT2D eigenvalue weighted by Gasteiger charge is -2.29. The molecule has 110 valence electrons. The van der Waals surface area contributed by atoms with Crippen molar-refractivity contribution in [2.24, 2.45) is 0 Å². The molecule has 1 amide bonds. The molecule has 0 N–H and O–H groups in total. The number of halogens is 3. The summed E-state index contributed by atoms with van der Waals surface area (Å²) >= 11 is 0. The first kappa shape index (κ1) is 14.6. The predicted molar refractivity (Wildman–Crippen MR) is 68.9 cm³/mol. The average molecular weight is 288 g/mol. The van der Waals surface area contributed by atoms with Gasteiger partial charge in [0.05, 0.1) is 13.2 Å². The Bertz CT molecular complexity index is 467. The molecular formula is C13H15F3N2O2. The van der Waals surface area contributed by atoms with Crippen LogP contribution < -0.4 is 9.80 Å². The van der Waals surface area contributed by atoms with Crippen molar-refractivity contribution in [3.05, 3.63) is 24.3 Å². The van der Waals surface area contributed by atoms with Gasteiger partial charge in [0, 0.05) is 31.5 Å². The number of hydrogen-bond donors (Lipinski definition) is 0. The lowest BCUT2D eigenvalue weighted by molar-refractivity contribution is -0.170. The van der Waals surface area contributed by atoms with Crippen LogP contribution in [0.3, 0.4) is 0 Å².